The van der Waals surface area contributed by atoms with Gasteiger partial charge in [-0.05, 0) is 61.7 Å². The van der Waals surface area contributed by atoms with E-state index in [1.165, 1.54) is 22.4 Å². The summed E-state index contributed by atoms with van der Waals surface area (Å²) < 4.78 is 0. The van der Waals surface area contributed by atoms with E-state index in [0.29, 0.717) is 12.8 Å². The molecule has 1 N–H and O–H groups in total. The summed E-state index contributed by atoms with van der Waals surface area (Å²) in [6.45, 7) is 9.66. The van der Waals surface area contributed by atoms with Gasteiger partial charge in [0.05, 0.1) is 11.0 Å². The number of nitrogens with one attached hydrogen (secondary N) is 1. The molecule has 1 fully saturated rings. The molecule has 0 atom stereocenters. The molecule has 5 nitrogen and oxygen atoms in total. The summed E-state index contributed by atoms with van der Waals surface area (Å²) in [6, 6.07) is 12.8. The van der Waals surface area contributed by atoms with E-state index < -0.39 is 0 Å². The number of H-pyrrole nitrogens is 1. The number of fused-ring (bicyclic) bond motifs is 1. The van der Waals surface area contributed by atoms with Crippen molar-refractivity contribution in [3.63, 3.8) is 0 Å². The number of piperazine rings is 1. The average Bonchev–Trinajstić information content (AvgIpc) is 3.08. The zero-order valence-electron chi connectivity index (χ0n) is 17.0. The van der Waals surface area contributed by atoms with E-state index in [1.54, 1.807) is 0 Å². The summed E-state index contributed by atoms with van der Waals surface area (Å²) in [4.78, 5) is 25.0. The van der Waals surface area contributed by atoms with Crippen LogP contribution in [0.2, 0.25) is 0 Å². The molecule has 1 aromatic heterocycles. The molecule has 0 bridgehead atoms. The maximum Gasteiger partial charge on any atom is 0.223 e. The SMILES string of the molecule is Cc1cccc(N2CCN(C(=O)CCc3nc4cc(C)c(C)cc4[nH]3)CC2)c1. The number of carbonyl (C=O) groups is 1. The number of aryl methyl sites for hydroxylation is 4. The van der Waals surface area contributed by atoms with Gasteiger partial charge in [-0.2, -0.15) is 0 Å². The largest absolute Gasteiger partial charge is 0.368 e. The number of benzene rings is 2. The van der Waals surface area contributed by atoms with E-state index >= 15 is 0 Å². The molecule has 0 unspecified atom stereocenters. The van der Waals surface area contributed by atoms with E-state index in [9.17, 15) is 4.79 Å². The van der Waals surface area contributed by atoms with Gasteiger partial charge in [-0.25, -0.2) is 4.98 Å². The van der Waals surface area contributed by atoms with Crippen LogP contribution >= 0.6 is 0 Å². The number of aromatic amines is 1. The molecule has 5 heteroatoms. The molecule has 0 aliphatic carbocycles. The fourth-order valence-electron chi connectivity index (χ4n) is 3.86. The van der Waals surface area contributed by atoms with Crippen molar-refractivity contribution in [2.45, 2.75) is 33.6 Å². The number of amides is 1. The van der Waals surface area contributed by atoms with Crippen LogP contribution in [0.25, 0.3) is 11.0 Å². The highest BCUT2D eigenvalue weighted by Gasteiger charge is 2.21. The molecule has 1 aliphatic rings. The molecular formula is C23H28N4O. The Morgan fingerprint density at radius 2 is 1.79 bits per heavy atom. The first kappa shape index (κ1) is 18.5. The van der Waals surface area contributed by atoms with Gasteiger partial charge in [0.25, 0.3) is 0 Å². The highest BCUT2D eigenvalue weighted by atomic mass is 16.2. The Balaban J connectivity index is 1.32. The zero-order valence-corrected chi connectivity index (χ0v) is 17.0. The molecule has 0 radical (unpaired) electrons. The van der Waals surface area contributed by atoms with Crippen molar-refractivity contribution in [3.05, 3.63) is 58.9 Å². The number of rotatable bonds is 4. The number of hydrogen-bond acceptors (Lipinski definition) is 3. The fraction of sp³-hybridized carbons (Fsp3) is 0.391. The molecule has 3 aromatic rings. The average molecular weight is 377 g/mol. The highest BCUT2D eigenvalue weighted by Crippen LogP contribution is 2.20. The molecule has 0 spiro atoms. The van der Waals surface area contributed by atoms with Gasteiger partial charge in [-0.15, -0.1) is 0 Å². The second kappa shape index (κ2) is 7.66. The minimum atomic E-state index is 0.219. The number of carbonyl (C=O) groups excluding carboxylic acids is 1. The van der Waals surface area contributed by atoms with Gasteiger partial charge in [0.1, 0.15) is 5.82 Å². The summed E-state index contributed by atoms with van der Waals surface area (Å²) in [5.74, 6) is 1.11. The van der Waals surface area contributed by atoms with Gasteiger partial charge in [-0.1, -0.05) is 12.1 Å². The van der Waals surface area contributed by atoms with Crippen LogP contribution in [0.1, 0.15) is 28.9 Å². The second-order valence-corrected chi connectivity index (χ2v) is 7.84. The molecular weight excluding hydrogens is 348 g/mol. The number of aromatic nitrogens is 2. The van der Waals surface area contributed by atoms with Gasteiger partial charge < -0.3 is 14.8 Å². The van der Waals surface area contributed by atoms with Crippen molar-refractivity contribution in [2.75, 3.05) is 31.1 Å². The summed E-state index contributed by atoms with van der Waals surface area (Å²) in [5, 5.41) is 0. The van der Waals surface area contributed by atoms with Gasteiger partial charge in [0.2, 0.25) is 5.91 Å². The minimum absolute atomic E-state index is 0.219. The lowest BCUT2D eigenvalue weighted by atomic mass is 10.1. The van der Waals surface area contributed by atoms with E-state index in [1.807, 2.05) is 4.90 Å². The summed E-state index contributed by atoms with van der Waals surface area (Å²) in [5.41, 5.74) is 7.06. The van der Waals surface area contributed by atoms with Crippen molar-refractivity contribution in [2.24, 2.45) is 0 Å². The fourth-order valence-corrected chi connectivity index (χ4v) is 3.86. The maximum absolute atomic E-state index is 12.7. The van der Waals surface area contributed by atoms with Crippen LogP contribution in [0, 0.1) is 20.8 Å². The lowest BCUT2D eigenvalue weighted by molar-refractivity contribution is -0.131. The minimum Gasteiger partial charge on any atom is -0.368 e. The Hall–Kier alpha value is -2.82. The Labute approximate surface area is 166 Å². The topological polar surface area (TPSA) is 52.2 Å². The predicted octanol–water partition coefficient (Wildman–Crippen LogP) is 3.77. The Bertz CT molecular complexity index is 960. The van der Waals surface area contributed by atoms with Crippen molar-refractivity contribution in [1.29, 1.82) is 0 Å². The van der Waals surface area contributed by atoms with Crippen LogP contribution in [-0.4, -0.2) is 47.0 Å². The lowest BCUT2D eigenvalue weighted by Gasteiger charge is -2.36. The molecule has 2 heterocycles. The van der Waals surface area contributed by atoms with Gasteiger partial charge in [0.15, 0.2) is 0 Å². The number of nitrogens with zero attached hydrogens (tertiary/aromatic N) is 3. The molecule has 28 heavy (non-hydrogen) atoms. The lowest BCUT2D eigenvalue weighted by Crippen LogP contribution is -2.48. The van der Waals surface area contributed by atoms with Crippen molar-refractivity contribution >= 4 is 22.6 Å². The molecule has 1 aliphatic heterocycles. The van der Waals surface area contributed by atoms with Crippen molar-refractivity contribution < 1.29 is 4.79 Å². The van der Waals surface area contributed by atoms with Crippen LogP contribution in [0.15, 0.2) is 36.4 Å². The molecule has 4 rings (SSSR count). The predicted molar refractivity (Wildman–Crippen MR) is 114 cm³/mol. The van der Waals surface area contributed by atoms with Crippen LogP contribution in [-0.2, 0) is 11.2 Å². The molecule has 2 aromatic carbocycles. The number of hydrogen-bond donors (Lipinski definition) is 1. The monoisotopic (exact) mass is 376 g/mol. The van der Waals surface area contributed by atoms with E-state index in [2.05, 4.69) is 72.0 Å². The summed E-state index contributed by atoms with van der Waals surface area (Å²) in [6.07, 6.45) is 1.16. The molecule has 0 saturated carbocycles. The highest BCUT2D eigenvalue weighted by molar-refractivity contribution is 5.78. The number of imidazole rings is 1. The molecule has 1 saturated heterocycles. The molecule has 146 valence electrons. The molecule has 1 amide bonds. The first-order valence-corrected chi connectivity index (χ1v) is 10.0. The summed E-state index contributed by atoms with van der Waals surface area (Å²) in [7, 11) is 0. The van der Waals surface area contributed by atoms with Crippen LogP contribution in [0.5, 0.6) is 0 Å². The van der Waals surface area contributed by atoms with Crippen molar-refractivity contribution in [3.8, 4) is 0 Å². The smallest absolute Gasteiger partial charge is 0.223 e. The number of anilines is 1. The summed E-state index contributed by atoms with van der Waals surface area (Å²) >= 11 is 0. The first-order chi connectivity index (χ1) is 13.5. The van der Waals surface area contributed by atoms with Gasteiger partial charge in [0, 0.05) is 44.7 Å². The van der Waals surface area contributed by atoms with Gasteiger partial charge in [-0.3, -0.25) is 4.79 Å². The van der Waals surface area contributed by atoms with Gasteiger partial charge >= 0.3 is 0 Å². The third-order valence-electron chi connectivity index (χ3n) is 5.72. The zero-order chi connectivity index (χ0) is 19.7. The quantitative estimate of drug-likeness (QED) is 0.754. The van der Waals surface area contributed by atoms with E-state index in [0.717, 1.165) is 43.0 Å². The van der Waals surface area contributed by atoms with Crippen molar-refractivity contribution in [1.82, 2.24) is 14.9 Å². The normalized spacial score (nSPS) is 14.7. The first-order valence-electron chi connectivity index (χ1n) is 10.0. The second-order valence-electron chi connectivity index (χ2n) is 7.84. The third kappa shape index (κ3) is 3.88. The third-order valence-corrected chi connectivity index (χ3v) is 5.72. The Morgan fingerprint density at radius 1 is 1.04 bits per heavy atom. The Kier molecular flexibility index (Phi) is 5.07. The Morgan fingerprint density at radius 3 is 2.54 bits per heavy atom. The standard InChI is InChI=1S/C23H28N4O/c1-16-5-4-6-19(13-16)26-9-11-27(12-10-26)23(28)8-7-22-24-20-14-17(2)18(3)15-21(20)25-22/h4-6,13-15H,7-12H2,1-3H3,(H,24,25). The van der Waals surface area contributed by atoms with E-state index in [-0.39, 0.29) is 5.91 Å². The van der Waals surface area contributed by atoms with Crippen LogP contribution < -0.4 is 4.90 Å². The van der Waals surface area contributed by atoms with E-state index in [4.69, 9.17) is 0 Å². The maximum atomic E-state index is 12.7. The van der Waals surface area contributed by atoms with Crippen LogP contribution in [0.4, 0.5) is 5.69 Å². The van der Waals surface area contributed by atoms with Crippen LogP contribution in [0.3, 0.4) is 0 Å².